The van der Waals surface area contributed by atoms with Gasteiger partial charge in [-0.05, 0) is 25.3 Å². The Kier molecular flexibility index (Phi) is 4.00. The number of aliphatic hydroxyl groups is 1. The third-order valence-electron chi connectivity index (χ3n) is 3.76. The zero-order valence-corrected chi connectivity index (χ0v) is 11.6. The smallest absolute Gasteiger partial charge is 0.255 e. The van der Waals surface area contributed by atoms with Crippen molar-refractivity contribution in [3.8, 4) is 0 Å². The Morgan fingerprint density at radius 2 is 1.84 bits per heavy atom. The largest absolute Gasteiger partial charge is 0.384 e. The van der Waals surface area contributed by atoms with Gasteiger partial charge in [0.2, 0.25) is 0 Å². The molecule has 0 aliphatic carbocycles. The highest BCUT2D eigenvalue weighted by Gasteiger charge is 2.35. The minimum absolute atomic E-state index is 0.252. The molecule has 0 radical (unpaired) electrons. The van der Waals surface area contributed by atoms with Crippen LogP contribution in [-0.4, -0.2) is 15.2 Å². The maximum absolute atomic E-state index is 9.52. The Hall–Kier alpha value is -1.68. The fourth-order valence-corrected chi connectivity index (χ4v) is 2.46. The second kappa shape index (κ2) is 5.53. The van der Waals surface area contributed by atoms with Crippen LogP contribution in [0, 0.1) is 0 Å². The van der Waals surface area contributed by atoms with Gasteiger partial charge in [0.1, 0.15) is 6.10 Å². The van der Waals surface area contributed by atoms with Crippen molar-refractivity contribution in [3.05, 3.63) is 47.6 Å². The molecule has 2 rings (SSSR count). The molecule has 0 aliphatic heterocycles. The van der Waals surface area contributed by atoms with Crippen molar-refractivity contribution >= 4 is 0 Å². The van der Waals surface area contributed by atoms with Crippen molar-refractivity contribution in [3.63, 3.8) is 0 Å². The molecule has 0 saturated carbocycles. The lowest BCUT2D eigenvalue weighted by atomic mass is 9.75. The van der Waals surface area contributed by atoms with Gasteiger partial charge in [-0.15, -0.1) is 0 Å². The minimum Gasteiger partial charge on any atom is -0.384 e. The quantitative estimate of drug-likeness (QED) is 0.896. The Morgan fingerprint density at radius 3 is 2.32 bits per heavy atom. The summed E-state index contributed by atoms with van der Waals surface area (Å²) in [6.07, 6.45) is 1.03. The van der Waals surface area contributed by atoms with Gasteiger partial charge < -0.3 is 9.63 Å². The molecule has 1 atom stereocenters. The summed E-state index contributed by atoms with van der Waals surface area (Å²) in [6, 6.07) is 10.2. The van der Waals surface area contributed by atoms with Gasteiger partial charge >= 0.3 is 0 Å². The number of benzene rings is 1. The van der Waals surface area contributed by atoms with Gasteiger partial charge in [-0.2, -0.15) is 4.98 Å². The van der Waals surface area contributed by atoms with E-state index in [1.807, 2.05) is 18.2 Å². The van der Waals surface area contributed by atoms with Crippen LogP contribution in [0.2, 0.25) is 0 Å². The highest BCUT2D eigenvalue weighted by atomic mass is 16.5. The maximum Gasteiger partial charge on any atom is 0.255 e. The molecule has 0 saturated heterocycles. The lowest BCUT2D eigenvalue weighted by Crippen LogP contribution is -2.27. The molecule has 1 unspecified atom stereocenters. The predicted molar refractivity (Wildman–Crippen MR) is 72.7 cm³/mol. The van der Waals surface area contributed by atoms with Crippen molar-refractivity contribution in [1.82, 2.24) is 10.1 Å². The van der Waals surface area contributed by atoms with Crippen LogP contribution < -0.4 is 0 Å². The molecule has 1 aromatic heterocycles. The number of nitrogens with zero attached hydrogens (tertiary/aromatic N) is 2. The zero-order valence-electron chi connectivity index (χ0n) is 11.6. The van der Waals surface area contributed by atoms with E-state index in [0.717, 1.165) is 12.8 Å². The average Bonchev–Trinajstić information content (AvgIpc) is 2.93. The van der Waals surface area contributed by atoms with E-state index < -0.39 is 6.10 Å². The van der Waals surface area contributed by atoms with Crippen LogP contribution >= 0.6 is 0 Å². The van der Waals surface area contributed by atoms with E-state index >= 15 is 0 Å². The van der Waals surface area contributed by atoms with Crippen LogP contribution in [0.5, 0.6) is 0 Å². The summed E-state index contributed by atoms with van der Waals surface area (Å²) < 4.78 is 5.15. The first-order valence-electron chi connectivity index (χ1n) is 6.71. The van der Waals surface area contributed by atoms with Crippen LogP contribution in [0.15, 0.2) is 34.9 Å². The van der Waals surface area contributed by atoms with Gasteiger partial charge in [0.15, 0.2) is 5.82 Å². The minimum atomic E-state index is -0.733. The number of aliphatic hydroxyl groups excluding tert-OH is 1. The van der Waals surface area contributed by atoms with Crippen LogP contribution in [0.1, 0.15) is 57.0 Å². The summed E-state index contributed by atoms with van der Waals surface area (Å²) in [7, 11) is 0. The molecular weight excluding hydrogens is 240 g/mol. The topological polar surface area (TPSA) is 59.2 Å². The summed E-state index contributed by atoms with van der Waals surface area (Å²) in [5.41, 5.74) is 0.927. The predicted octanol–water partition coefficient (Wildman–Crippen LogP) is 3.23. The monoisotopic (exact) mass is 260 g/mol. The second-order valence-corrected chi connectivity index (χ2v) is 4.79. The first-order chi connectivity index (χ1) is 9.14. The number of rotatable bonds is 5. The van der Waals surface area contributed by atoms with Crippen molar-refractivity contribution in [2.75, 3.05) is 0 Å². The van der Waals surface area contributed by atoms with Gasteiger partial charge in [0.25, 0.3) is 5.89 Å². The van der Waals surface area contributed by atoms with E-state index in [-0.39, 0.29) is 11.3 Å². The lowest BCUT2D eigenvalue weighted by molar-refractivity contribution is 0.151. The first-order valence-corrected chi connectivity index (χ1v) is 6.71. The highest BCUT2D eigenvalue weighted by molar-refractivity contribution is 5.32. The molecule has 0 aliphatic rings. The normalized spacial score (nSPS) is 13.5. The SMILES string of the molecule is CCC(CC)(c1ccccc1)c1noc(C(C)O)n1. The molecule has 2 aromatic rings. The molecule has 102 valence electrons. The Labute approximate surface area is 113 Å². The van der Waals surface area contributed by atoms with Gasteiger partial charge in [0.05, 0.1) is 5.41 Å². The fraction of sp³-hybridized carbons (Fsp3) is 0.467. The Morgan fingerprint density at radius 1 is 1.21 bits per heavy atom. The standard InChI is InChI=1S/C15H20N2O2/c1-4-15(5-2,12-9-7-6-8-10-12)14-16-13(11(3)18)19-17-14/h6-11,18H,4-5H2,1-3H3. The molecule has 1 aromatic carbocycles. The van der Waals surface area contributed by atoms with E-state index in [9.17, 15) is 5.11 Å². The summed E-state index contributed by atoms with van der Waals surface area (Å²) >= 11 is 0. The average molecular weight is 260 g/mol. The van der Waals surface area contributed by atoms with E-state index in [0.29, 0.717) is 5.82 Å². The van der Waals surface area contributed by atoms with Crippen LogP contribution in [0.3, 0.4) is 0 Å². The number of hydrogen-bond donors (Lipinski definition) is 1. The Bertz CT molecular complexity index is 516. The lowest BCUT2D eigenvalue weighted by Gasteiger charge is -2.28. The Balaban J connectivity index is 2.49. The van der Waals surface area contributed by atoms with Crippen molar-refractivity contribution < 1.29 is 9.63 Å². The number of hydrogen-bond acceptors (Lipinski definition) is 4. The van der Waals surface area contributed by atoms with Gasteiger partial charge in [-0.1, -0.05) is 49.3 Å². The molecule has 1 N–H and O–H groups in total. The van der Waals surface area contributed by atoms with Crippen LogP contribution in [0.25, 0.3) is 0 Å². The second-order valence-electron chi connectivity index (χ2n) is 4.79. The zero-order chi connectivity index (χ0) is 13.9. The fourth-order valence-electron chi connectivity index (χ4n) is 2.46. The van der Waals surface area contributed by atoms with Crippen molar-refractivity contribution in [1.29, 1.82) is 0 Å². The van der Waals surface area contributed by atoms with Crippen LogP contribution in [-0.2, 0) is 5.41 Å². The van der Waals surface area contributed by atoms with Crippen molar-refractivity contribution in [2.45, 2.75) is 45.1 Å². The maximum atomic E-state index is 9.52. The summed E-state index contributed by atoms with van der Waals surface area (Å²) in [5, 5.41) is 13.6. The first kappa shape index (κ1) is 13.7. The molecule has 1 heterocycles. The third-order valence-corrected chi connectivity index (χ3v) is 3.76. The van der Waals surface area contributed by atoms with Gasteiger partial charge in [-0.3, -0.25) is 0 Å². The summed E-state index contributed by atoms with van der Waals surface area (Å²) in [6.45, 7) is 5.86. The molecule has 0 fully saturated rings. The molecule has 4 nitrogen and oxygen atoms in total. The summed E-state index contributed by atoms with van der Waals surface area (Å²) in [4.78, 5) is 4.37. The van der Waals surface area contributed by atoms with E-state index in [1.54, 1.807) is 6.92 Å². The highest BCUT2D eigenvalue weighted by Crippen LogP contribution is 2.37. The summed E-state index contributed by atoms with van der Waals surface area (Å²) in [5.74, 6) is 0.928. The van der Waals surface area contributed by atoms with E-state index in [1.165, 1.54) is 5.56 Å². The third kappa shape index (κ3) is 2.40. The van der Waals surface area contributed by atoms with Gasteiger partial charge in [0, 0.05) is 0 Å². The molecule has 0 amide bonds. The molecule has 0 bridgehead atoms. The number of aromatic nitrogens is 2. The molecule has 0 spiro atoms. The van der Waals surface area contributed by atoms with Gasteiger partial charge in [-0.25, -0.2) is 0 Å². The van der Waals surface area contributed by atoms with E-state index in [2.05, 4.69) is 36.1 Å². The van der Waals surface area contributed by atoms with Crippen LogP contribution in [0.4, 0.5) is 0 Å². The molecule has 4 heteroatoms. The van der Waals surface area contributed by atoms with E-state index in [4.69, 9.17) is 4.52 Å². The molecule has 19 heavy (non-hydrogen) atoms. The van der Waals surface area contributed by atoms with Crippen molar-refractivity contribution in [2.24, 2.45) is 0 Å². The molecular formula is C15H20N2O2.